The lowest BCUT2D eigenvalue weighted by Crippen LogP contribution is -2.20. The molecule has 1 aromatic carbocycles. The van der Waals surface area contributed by atoms with Crippen LogP contribution in [0, 0.1) is 11.6 Å². The Labute approximate surface area is 142 Å². The lowest BCUT2D eigenvalue weighted by Gasteiger charge is -2.25. The van der Waals surface area contributed by atoms with Crippen molar-refractivity contribution in [2.45, 2.75) is 37.8 Å². The molecule has 0 saturated heterocycles. The zero-order valence-electron chi connectivity index (χ0n) is 13.3. The van der Waals surface area contributed by atoms with Crippen molar-refractivity contribution in [2.24, 2.45) is 5.73 Å². The Morgan fingerprint density at radius 1 is 1.12 bits per heavy atom. The number of alkyl halides is 1. The molecule has 1 aliphatic carbocycles. The summed E-state index contributed by atoms with van der Waals surface area (Å²) in [5, 5.41) is 0. The summed E-state index contributed by atoms with van der Waals surface area (Å²) in [7, 11) is 0. The summed E-state index contributed by atoms with van der Waals surface area (Å²) in [5.74, 6) is -1.43. The number of hydrogen-bond donors (Lipinski definition) is 1. The SMILES string of the molecule is NC(=O)Oc1c(-c2cc(F)ccc2F)ccnc1C1CCC(F)CC1. The number of aromatic nitrogens is 1. The van der Waals surface area contributed by atoms with Crippen LogP contribution in [0.25, 0.3) is 11.1 Å². The van der Waals surface area contributed by atoms with Gasteiger partial charge in [0.05, 0.1) is 5.69 Å². The molecule has 1 aliphatic rings. The van der Waals surface area contributed by atoms with Crippen molar-refractivity contribution in [3.05, 3.63) is 47.8 Å². The summed E-state index contributed by atoms with van der Waals surface area (Å²) >= 11 is 0. The number of ether oxygens (including phenoxy) is 1. The molecule has 0 unspecified atom stereocenters. The van der Waals surface area contributed by atoms with E-state index in [1.54, 1.807) is 0 Å². The van der Waals surface area contributed by atoms with Crippen LogP contribution in [0.2, 0.25) is 0 Å². The van der Waals surface area contributed by atoms with Gasteiger partial charge in [-0.2, -0.15) is 0 Å². The van der Waals surface area contributed by atoms with Crippen LogP contribution in [0.3, 0.4) is 0 Å². The zero-order valence-corrected chi connectivity index (χ0v) is 13.3. The molecule has 1 heterocycles. The first-order valence-electron chi connectivity index (χ1n) is 8.01. The Morgan fingerprint density at radius 2 is 1.84 bits per heavy atom. The van der Waals surface area contributed by atoms with Crippen LogP contribution in [0.15, 0.2) is 30.5 Å². The molecule has 0 aliphatic heterocycles. The predicted octanol–water partition coefficient (Wildman–Crippen LogP) is 4.48. The van der Waals surface area contributed by atoms with Crippen molar-refractivity contribution in [3.8, 4) is 16.9 Å². The van der Waals surface area contributed by atoms with E-state index in [9.17, 15) is 18.0 Å². The van der Waals surface area contributed by atoms with E-state index in [-0.39, 0.29) is 22.8 Å². The molecule has 1 fully saturated rings. The minimum Gasteiger partial charge on any atom is -0.408 e. The molecule has 0 bridgehead atoms. The fraction of sp³-hybridized carbons (Fsp3) is 0.333. The molecule has 1 saturated carbocycles. The van der Waals surface area contributed by atoms with E-state index in [2.05, 4.69) is 4.98 Å². The van der Waals surface area contributed by atoms with Crippen molar-refractivity contribution in [3.63, 3.8) is 0 Å². The second-order valence-electron chi connectivity index (χ2n) is 6.07. The number of nitrogens with two attached hydrogens (primary N) is 1. The maximum absolute atomic E-state index is 14.2. The van der Waals surface area contributed by atoms with Gasteiger partial charge in [0, 0.05) is 23.2 Å². The minimum absolute atomic E-state index is 0.00167. The van der Waals surface area contributed by atoms with E-state index < -0.39 is 23.9 Å². The normalized spacial score (nSPS) is 20.3. The summed E-state index contributed by atoms with van der Waals surface area (Å²) in [6, 6.07) is 4.44. The zero-order chi connectivity index (χ0) is 18.0. The number of halogens is 3. The third-order valence-electron chi connectivity index (χ3n) is 4.40. The van der Waals surface area contributed by atoms with Crippen molar-refractivity contribution < 1.29 is 22.7 Å². The monoisotopic (exact) mass is 350 g/mol. The summed E-state index contributed by atoms with van der Waals surface area (Å²) < 4.78 is 46.3. The average molecular weight is 350 g/mol. The van der Waals surface area contributed by atoms with E-state index in [0.717, 1.165) is 18.2 Å². The Morgan fingerprint density at radius 3 is 2.52 bits per heavy atom. The van der Waals surface area contributed by atoms with Gasteiger partial charge in [-0.25, -0.2) is 18.0 Å². The molecule has 0 spiro atoms. The Balaban J connectivity index is 2.10. The van der Waals surface area contributed by atoms with Crippen LogP contribution in [0.4, 0.5) is 18.0 Å². The van der Waals surface area contributed by atoms with Crippen LogP contribution < -0.4 is 10.5 Å². The van der Waals surface area contributed by atoms with Gasteiger partial charge >= 0.3 is 6.09 Å². The molecule has 132 valence electrons. The molecule has 3 rings (SSSR count). The molecule has 2 N–H and O–H groups in total. The van der Waals surface area contributed by atoms with E-state index in [1.807, 2.05) is 0 Å². The Bertz CT molecular complexity index is 790. The van der Waals surface area contributed by atoms with E-state index in [0.29, 0.717) is 31.4 Å². The number of carbonyl (C=O) groups is 1. The van der Waals surface area contributed by atoms with E-state index in [4.69, 9.17) is 10.5 Å². The number of primary amides is 1. The van der Waals surface area contributed by atoms with Gasteiger partial charge in [0.1, 0.15) is 17.8 Å². The summed E-state index contributed by atoms with van der Waals surface area (Å²) in [4.78, 5) is 15.6. The Hall–Kier alpha value is -2.57. The smallest absolute Gasteiger partial charge is 0.408 e. The fourth-order valence-electron chi connectivity index (χ4n) is 3.21. The van der Waals surface area contributed by atoms with Crippen LogP contribution in [-0.4, -0.2) is 17.2 Å². The maximum Gasteiger partial charge on any atom is 0.410 e. The molecule has 1 aromatic heterocycles. The van der Waals surface area contributed by atoms with Crippen molar-refractivity contribution in [2.75, 3.05) is 0 Å². The van der Waals surface area contributed by atoms with Crippen LogP contribution in [0.1, 0.15) is 37.3 Å². The van der Waals surface area contributed by atoms with Gasteiger partial charge in [0.2, 0.25) is 0 Å². The Kier molecular flexibility index (Phi) is 4.92. The third kappa shape index (κ3) is 3.75. The molecular formula is C18H17F3N2O2. The first kappa shape index (κ1) is 17.3. The quantitative estimate of drug-likeness (QED) is 0.887. The average Bonchev–Trinajstić information content (AvgIpc) is 2.58. The molecule has 7 heteroatoms. The van der Waals surface area contributed by atoms with E-state index >= 15 is 0 Å². The highest BCUT2D eigenvalue weighted by Crippen LogP contribution is 2.42. The fourth-order valence-corrected chi connectivity index (χ4v) is 3.21. The first-order valence-corrected chi connectivity index (χ1v) is 8.01. The number of carbonyl (C=O) groups excluding carboxylic acids is 1. The lowest BCUT2D eigenvalue weighted by atomic mass is 9.84. The first-order chi connectivity index (χ1) is 12.0. The van der Waals surface area contributed by atoms with Crippen LogP contribution >= 0.6 is 0 Å². The molecular weight excluding hydrogens is 333 g/mol. The molecule has 25 heavy (non-hydrogen) atoms. The molecule has 2 aromatic rings. The standard InChI is InChI=1S/C18H17F3N2O2/c19-11-3-1-10(2-4-11)16-17(25-18(22)24)13(7-8-23-16)14-9-12(20)5-6-15(14)21/h5-11H,1-4H2,(H2,22,24). The molecule has 0 radical (unpaired) electrons. The maximum atomic E-state index is 14.2. The number of amides is 1. The number of pyridine rings is 1. The predicted molar refractivity (Wildman–Crippen MR) is 85.9 cm³/mol. The van der Waals surface area contributed by atoms with Crippen molar-refractivity contribution in [1.29, 1.82) is 0 Å². The van der Waals surface area contributed by atoms with Gasteiger partial charge in [0.25, 0.3) is 0 Å². The van der Waals surface area contributed by atoms with E-state index in [1.165, 1.54) is 12.3 Å². The second kappa shape index (κ2) is 7.13. The number of rotatable bonds is 3. The molecule has 1 amide bonds. The van der Waals surface area contributed by atoms with Gasteiger partial charge < -0.3 is 10.5 Å². The third-order valence-corrected chi connectivity index (χ3v) is 4.40. The summed E-state index contributed by atoms with van der Waals surface area (Å²) in [5.41, 5.74) is 5.68. The van der Waals surface area contributed by atoms with Gasteiger partial charge in [-0.05, 0) is 49.9 Å². The molecule has 0 atom stereocenters. The van der Waals surface area contributed by atoms with Crippen molar-refractivity contribution >= 4 is 6.09 Å². The topological polar surface area (TPSA) is 65.2 Å². The highest BCUT2D eigenvalue weighted by Gasteiger charge is 2.28. The lowest BCUT2D eigenvalue weighted by molar-refractivity contribution is 0.207. The van der Waals surface area contributed by atoms with Crippen LogP contribution in [-0.2, 0) is 0 Å². The number of hydrogen-bond acceptors (Lipinski definition) is 3. The van der Waals surface area contributed by atoms with Gasteiger partial charge in [0.15, 0.2) is 5.75 Å². The highest BCUT2D eigenvalue weighted by molar-refractivity contribution is 5.77. The minimum atomic E-state index is -1.08. The van der Waals surface area contributed by atoms with Crippen molar-refractivity contribution in [1.82, 2.24) is 4.98 Å². The largest absolute Gasteiger partial charge is 0.410 e. The van der Waals surface area contributed by atoms with Crippen LogP contribution in [0.5, 0.6) is 5.75 Å². The second-order valence-corrected chi connectivity index (χ2v) is 6.07. The number of benzene rings is 1. The van der Waals surface area contributed by atoms with Gasteiger partial charge in [-0.3, -0.25) is 4.98 Å². The molecule has 4 nitrogen and oxygen atoms in total. The summed E-state index contributed by atoms with van der Waals surface area (Å²) in [6.07, 6.45) is 1.30. The van der Waals surface area contributed by atoms with Gasteiger partial charge in [-0.15, -0.1) is 0 Å². The van der Waals surface area contributed by atoms with Gasteiger partial charge in [-0.1, -0.05) is 0 Å². The summed E-state index contributed by atoms with van der Waals surface area (Å²) in [6.45, 7) is 0. The highest BCUT2D eigenvalue weighted by atomic mass is 19.1. The number of nitrogens with zero attached hydrogens (tertiary/aromatic N) is 1.